The largest absolute Gasteiger partial charge is 0.469 e. The van der Waals surface area contributed by atoms with E-state index in [0.29, 0.717) is 44.9 Å². The summed E-state index contributed by atoms with van der Waals surface area (Å²) in [5.41, 5.74) is 0. The second kappa shape index (κ2) is 8.49. The molecule has 0 bridgehead atoms. The van der Waals surface area contributed by atoms with Crippen molar-refractivity contribution in [1.29, 1.82) is 0 Å². The van der Waals surface area contributed by atoms with Gasteiger partial charge in [0.05, 0.1) is 18.8 Å². The van der Waals surface area contributed by atoms with Crippen LogP contribution < -0.4 is 0 Å². The molecule has 0 aromatic carbocycles. The van der Waals surface area contributed by atoms with Gasteiger partial charge in [-0.05, 0) is 31.1 Å². The van der Waals surface area contributed by atoms with Gasteiger partial charge in [-0.15, -0.1) is 0 Å². The van der Waals surface area contributed by atoms with Gasteiger partial charge in [-0.25, -0.2) is 12.7 Å². The fraction of sp³-hybridized carbons (Fsp3) is 0.882. The summed E-state index contributed by atoms with van der Waals surface area (Å²) < 4.78 is 31.8. The molecule has 2 fully saturated rings. The maximum atomic E-state index is 12.8. The van der Waals surface area contributed by atoms with Crippen LogP contribution in [-0.2, 0) is 24.3 Å². The molecule has 7 nitrogen and oxygen atoms in total. The first-order chi connectivity index (χ1) is 11.8. The molecule has 2 rings (SSSR count). The summed E-state index contributed by atoms with van der Waals surface area (Å²) in [5.74, 6) is 0.0712. The van der Waals surface area contributed by atoms with Crippen LogP contribution in [0.5, 0.6) is 0 Å². The van der Waals surface area contributed by atoms with Crippen LogP contribution >= 0.6 is 0 Å². The lowest BCUT2D eigenvalue weighted by atomic mass is 10.0. The molecule has 25 heavy (non-hydrogen) atoms. The van der Waals surface area contributed by atoms with Gasteiger partial charge in [-0.2, -0.15) is 0 Å². The first-order valence-corrected chi connectivity index (χ1v) is 10.6. The first-order valence-electron chi connectivity index (χ1n) is 9.09. The Hall–Kier alpha value is -1.15. The minimum absolute atomic E-state index is 0.0694. The Kier molecular flexibility index (Phi) is 6.85. The van der Waals surface area contributed by atoms with Crippen molar-refractivity contribution in [3.8, 4) is 0 Å². The van der Waals surface area contributed by atoms with Crippen molar-refractivity contribution >= 4 is 21.9 Å². The van der Waals surface area contributed by atoms with E-state index in [1.165, 1.54) is 7.11 Å². The average Bonchev–Trinajstić information content (AvgIpc) is 2.70. The molecule has 0 aliphatic carbocycles. The van der Waals surface area contributed by atoms with Gasteiger partial charge in [0.1, 0.15) is 0 Å². The second-order valence-corrected chi connectivity index (χ2v) is 9.57. The summed E-state index contributed by atoms with van der Waals surface area (Å²) in [6.45, 7) is 6.36. The molecule has 0 aromatic rings. The van der Waals surface area contributed by atoms with Crippen LogP contribution in [0.1, 0.15) is 46.0 Å². The number of fused-ring (bicyclic) bond motifs is 1. The molecule has 2 aliphatic heterocycles. The van der Waals surface area contributed by atoms with Crippen LogP contribution in [0, 0.1) is 11.8 Å². The van der Waals surface area contributed by atoms with E-state index >= 15 is 0 Å². The van der Waals surface area contributed by atoms with Gasteiger partial charge in [-0.3, -0.25) is 9.59 Å². The Labute approximate surface area is 150 Å². The highest BCUT2D eigenvalue weighted by Crippen LogP contribution is 2.34. The Morgan fingerprint density at radius 3 is 2.48 bits per heavy atom. The van der Waals surface area contributed by atoms with E-state index in [2.05, 4.69) is 18.6 Å². The molecular weight excluding hydrogens is 344 g/mol. The summed E-state index contributed by atoms with van der Waals surface area (Å²) in [6, 6.07) is 0. The van der Waals surface area contributed by atoms with E-state index in [0.717, 1.165) is 6.42 Å². The van der Waals surface area contributed by atoms with Crippen molar-refractivity contribution in [3.63, 3.8) is 0 Å². The highest BCUT2D eigenvalue weighted by molar-refractivity contribution is 7.90. The Balaban J connectivity index is 1.93. The number of esters is 1. The normalized spacial score (nSPS) is 26.3. The van der Waals surface area contributed by atoms with Crippen molar-refractivity contribution in [2.45, 2.75) is 51.2 Å². The molecule has 2 heterocycles. The van der Waals surface area contributed by atoms with Crippen LogP contribution in [0.25, 0.3) is 0 Å². The predicted molar refractivity (Wildman–Crippen MR) is 94.3 cm³/mol. The molecule has 1 amide bonds. The smallest absolute Gasteiger partial charge is 0.306 e. The standard InChI is InChI=1S/C17H30N2O5S/c1-13(2)6-11-19-12-14-7-9-18(10-8-15(14)25(19,22)23)16(20)4-5-17(21)24-3/h13-15H,4-12H2,1-3H3/t14-,15-/m0/s1. The maximum absolute atomic E-state index is 12.8. The van der Waals surface area contributed by atoms with Crippen molar-refractivity contribution in [2.75, 3.05) is 33.3 Å². The number of ether oxygens (including phenoxy) is 1. The number of likely N-dealkylation sites (tertiary alicyclic amines) is 1. The van der Waals surface area contributed by atoms with Crippen LogP contribution in [0.4, 0.5) is 0 Å². The summed E-state index contributed by atoms with van der Waals surface area (Å²) in [7, 11) is -1.96. The van der Waals surface area contributed by atoms with E-state index in [-0.39, 0.29) is 29.9 Å². The minimum Gasteiger partial charge on any atom is -0.469 e. The van der Waals surface area contributed by atoms with Gasteiger partial charge in [0.25, 0.3) is 0 Å². The van der Waals surface area contributed by atoms with Crippen molar-refractivity contribution in [3.05, 3.63) is 0 Å². The van der Waals surface area contributed by atoms with E-state index in [1.54, 1.807) is 9.21 Å². The minimum atomic E-state index is -3.26. The molecule has 0 radical (unpaired) electrons. The number of amides is 1. The van der Waals surface area contributed by atoms with Crippen LogP contribution in [0.2, 0.25) is 0 Å². The van der Waals surface area contributed by atoms with E-state index in [4.69, 9.17) is 0 Å². The quantitative estimate of drug-likeness (QED) is 0.653. The highest BCUT2D eigenvalue weighted by Gasteiger charge is 2.46. The van der Waals surface area contributed by atoms with Gasteiger partial charge >= 0.3 is 5.97 Å². The summed E-state index contributed by atoms with van der Waals surface area (Å²) in [5, 5.41) is -0.377. The first kappa shape index (κ1) is 20.2. The third-order valence-electron chi connectivity index (χ3n) is 5.24. The van der Waals surface area contributed by atoms with Gasteiger partial charge in [-0.1, -0.05) is 13.8 Å². The Morgan fingerprint density at radius 1 is 1.16 bits per heavy atom. The molecule has 0 aromatic heterocycles. The Morgan fingerprint density at radius 2 is 1.84 bits per heavy atom. The van der Waals surface area contributed by atoms with Gasteiger partial charge in [0.15, 0.2) is 0 Å². The SMILES string of the molecule is COC(=O)CCC(=O)N1CC[C@H]2CN(CCC(C)C)S(=O)(=O)[C@H]2CC1. The van der Waals surface area contributed by atoms with Crippen molar-refractivity contribution in [2.24, 2.45) is 11.8 Å². The number of carbonyl (C=O) groups is 2. The number of sulfonamides is 1. The number of nitrogens with zero attached hydrogens (tertiary/aromatic N) is 2. The summed E-state index contributed by atoms with van der Waals surface area (Å²) >= 11 is 0. The average molecular weight is 375 g/mol. The van der Waals surface area contributed by atoms with Gasteiger partial charge in [0, 0.05) is 32.6 Å². The Bertz CT molecular complexity index is 590. The number of rotatable bonds is 6. The lowest BCUT2D eigenvalue weighted by Crippen LogP contribution is -2.35. The number of methoxy groups -OCH3 is 1. The number of hydrogen-bond donors (Lipinski definition) is 0. The molecule has 0 unspecified atom stereocenters. The number of carbonyl (C=O) groups excluding carboxylic acids is 2. The predicted octanol–water partition coefficient (Wildman–Crippen LogP) is 1.24. The topological polar surface area (TPSA) is 84.0 Å². The highest BCUT2D eigenvalue weighted by atomic mass is 32.2. The van der Waals surface area contributed by atoms with Crippen LogP contribution in [-0.4, -0.2) is 68.0 Å². The lowest BCUT2D eigenvalue weighted by molar-refractivity contribution is -0.143. The van der Waals surface area contributed by atoms with Gasteiger partial charge in [0.2, 0.25) is 15.9 Å². The lowest BCUT2D eigenvalue weighted by Gasteiger charge is -2.22. The zero-order valence-electron chi connectivity index (χ0n) is 15.4. The van der Waals surface area contributed by atoms with Crippen LogP contribution in [0.15, 0.2) is 0 Å². The molecule has 144 valence electrons. The summed E-state index contributed by atoms with van der Waals surface area (Å²) in [6.07, 6.45) is 2.24. The van der Waals surface area contributed by atoms with Gasteiger partial charge < -0.3 is 9.64 Å². The molecule has 0 spiro atoms. The molecule has 8 heteroatoms. The molecule has 0 saturated carbocycles. The fourth-order valence-corrected chi connectivity index (χ4v) is 5.89. The zero-order valence-corrected chi connectivity index (χ0v) is 16.3. The molecule has 2 atom stereocenters. The van der Waals surface area contributed by atoms with E-state index in [1.807, 2.05) is 0 Å². The van der Waals surface area contributed by atoms with Crippen LogP contribution in [0.3, 0.4) is 0 Å². The fourth-order valence-electron chi connectivity index (χ4n) is 3.64. The summed E-state index contributed by atoms with van der Waals surface area (Å²) in [4.78, 5) is 25.1. The third-order valence-corrected chi connectivity index (χ3v) is 7.68. The molecular formula is C17H30N2O5S. The monoisotopic (exact) mass is 374 g/mol. The zero-order chi connectivity index (χ0) is 18.6. The van der Waals surface area contributed by atoms with Crippen molar-refractivity contribution in [1.82, 2.24) is 9.21 Å². The molecule has 2 saturated heterocycles. The third kappa shape index (κ3) is 4.94. The second-order valence-electron chi connectivity index (χ2n) is 7.42. The van der Waals surface area contributed by atoms with E-state index < -0.39 is 16.0 Å². The number of hydrogen-bond acceptors (Lipinski definition) is 5. The van der Waals surface area contributed by atoms with Crippen molar-refractivity contribution < 1.29 is 22.7 Å². The van der Waals surface area contributed by atoms with E-state index in [9.17, 15) is 18.0 Å². The maximum Gasteiger partial charge on any atom is 0.306 e. The molecule has 0 N–H and O–H groups in total. The molecule has 2 aliphatic rings.